The van der Waals surface area contributed by atoms with Crippen LogP contribution in [0.5, 0.6) is 11.5 Å². The van der Waals surface area contributed by atoms with Crippen LogP contribution in [0.2, 0.25) is 0 Å². The van der Waals surface area contributed by atoms with Crippen LogP contribution in [-0.2, 0) is 11.3 Å². The summed E-state index contributed by atoms with van der Waals surface area (Å²) in [5.74, 6) is 0.740. The van der Waals surface area contributed by atoms with Crippen LogP contribution in [0.4, 0.5) is 0 Å². The number of phenolic OH excluding ortho intramolecular Hbond substituents is 1. The molecule has 0 spiro atoms. The second-order valence-electron chi connectivity index (χ2n) is 4.96. The van der Waals surface area contributed by atoms with Gasteiger partial charge in [0.1, 0.15) is 0 Å². The highest BCUT2D eigenvalue weighted by Crippen LogP contribution is 2.26. The van der Waals surface area contributed by atoms with Gasteiger partial charge in [-0.15, -0.1) is 0 Å². The van der Waals surface area contributed by atoms with Crippen molar-refractivity contribution in [3.8, 4) is 11.5 Å². The Hall–Kier alpha value is -1.26. The third kappa shape index (κ3) is 3.85. The fourth-order valence-electron chi connectivity index (χ4n) is 2.35. The molecular formula is C15H23NO3. The fraction of sp³-hybridized carbons (Fsp3) is 0.600. The molecule has 0 aliphatic carbocycles. The Kier molecular flexibility index (Phi) is 5.05. The van der Waals surface area contributed by atoms with Crippen LogP contribution in [0.25, 0.3) is 0 Å². The number of hydrogen-bond acceptors (Lipinski definition) is 4. The second kappa shape index (κ2) is 6.78. The number of phenols is 1. The van der Waals surface area contributed by atoms with Gasteiger partial charge < -0.3 is 19.9 Å². The zero-order valence-corrected chi connectivity index (χ0v) is 11.7. The predicted octanol–water partition coefficient (Wildman–Crippen LogP) is 2.45. The molecule has 1 aliphatic heterocycles. The lowest BCUT2D eigenvalue weighted by Crippen LogP contribution is -2.36. The number of rotatable bonds is 6. The van der Waals surface area contributed by atoms with Crippen molar-refractivity contribution in [2.24, 2.45) is 0 Å². The van der Waals surface area contributed by atoms with Gasteiger partial charge in [-0.1, -0.05) is 6.07 Å². The van der Waals surface area contributed by atoms with Gasteiger partial charge in [-0.25, -0.2) is 0 Å². The lowest BCUT2D eigenvalue weighted by atomic mass is 10.1. The number of hydrogen-bond donors (Lipinski definition) is 2. The maximum Gasteiger partial charge on any atom is 0.161 e. The third-order valence-electron chi connectivity index (χ3n) is 3.47. The molecule has 2 rings (SSSR count). The lowest BCUT2D eigenvalue weighted by molar-refractivity contribution is 0.0832. The Labute approximate surface area is 114 Å². The summed E-state index contributed by atoms with van der Waals surface area (Å²) in [6, 6.07) is 5.81. The molecular weight excluding hydrogens is 242 g/mol. The summed E-state index contributed by atoms with van der Waals surface area (Å²) >= 11 is 0. The van der Waals surface area contributed by atoms with Crippen molar-refractivity contribution in [2.75, 3.05) is 13.2 Å². The van der Waals surface area contributed by atoms with E-state index in [1.165, 1.54) is 0 Å². The summed E-state index contributed by atoms with van der Waals surface area (Å²) in [5, 5.41) is 13.1. The molecule has 106 valence electrons. The fourth-order valence-corrected chi connectivity index (χ4v) is 2.35. The highest BCUT2D eigenvalue weighted by atomic mass is 16.5. The maximum atomic E-state index is 9.65. The Morgan fingerprint density at radius 2 is 2.37 bits per heavy atom. The van der Waals surface area contributed by atoms with Crippen LogP contribution in [0.15, 0.2) is 18.2 Å². The van der Waals surface area contributed by atoms with Crippen LogP contribution >= 0.6 is 0 Å². The first kappa shape index (κ1) is 14.2. The molecule has 4 heteroatoms. The van der Waals surface area contributed by atoms with Gasteiger partial charge in [-0.05, 0) is 44.4 Å². The van der Waals surface area contributed by atoms with E-state index in [9.17, 15) is 5.11 Å². The zero-order chi connectivity index (χ0) is 13.7. The molecule has 0 radical (unpaired) electrons. The molecule has 1 aromatic rings. The minimum absolute atomic E-state index is 0.192. The highest BCUT2D eigenvalue weighted by Gasteiger charge is 2.21. The summed E-state index contributed by atoms with van der Waals surface area (Å²) in [5.41, 5.74) is 1.10. The maximum absolute atomic E-state index is 9.65. The molecule has 1 saturated heterocycles. The minimum Gasteiger partial charge on any atom is -0.504 e. The van der Waals surface area contributed by atoms with Crippen molar-refractivity contribution in [1.82, 2.24) is 5.32 Å². The quantitative estimate of drug-likeness (QED) is 0.829. The normalized spacial score (nSPS) is 20.4. The SMILES string of the molecule is CCOc1cc(CNC(C)C2CCCO2)ccc1O. The molecule has 2 atom stereocenters. The summed E-state index contributed by atoms with van der Waals surface area (Å²) in [6.45, 7) is 6.24. The van der Waals surface area contributed by atoms with Gasteiger partial charge in [0, 0.05) is 19.2 Å². The molecule has 19 heavy (non-hydrogen) atoms. The molecule has 0 bridgehead atoms. The van der Waals surface area contributed by atoms with Gasteiger partial charge in [0.05, 0.1) is 12.7 Å². The molecule has 0 saturated carbocycles. The molecule has 4 nitrogen and oxygen atoms in total. The molecule has 1 aromatic carbocycles. The van der Waals surface area contributed by atoms with Crippen LogP contribution in [-0.4, -0.2) is 30.5 Å². The van der Waals surface area contributed by atoms with E-state index in [1.807, 2.05) is 19.1 Å². The van der Waals surface area contributed by atoms with Crippen molar-refractivity contribution in [2.45, 2.75) is 45.4 Å². The van der Waals surface area contributed by atoms with Crippen molar-refractivity contribution in [3.63, 3.8) is 0 Å². The molecule has 2 unspecified atom stereocenters. The zero-order valence-electron chi connectivity index (χ0n) is 11.7. The van der Waals surface area contributed by atoms with Gasteiger partial charge in [-0.3, -0.25) is 0 Å². The number of ether oxygens (including phenoxy) is 2. The van der Waals surface area contributed by atoms with Gasteiger partial charge in [0.25, 0.3) is 0 Å². The van der Waals surface area contributed by atoms with E-state index < -0.39 is 0 Å². The molecule has 0 aromatic heterocycles. The standard InChI is InChI=1S/C15H23NO3/c1-3-18-15-9-12(6-7-13(15)17)10-16-11(2)14-5-4-8-19-14/h6-7,9,11,14,16-17H,3-5,8,10H2,1-2H3. The van der Waals surface area contributed by atoms with Gasteiger partial charge in [0.15, 0.2) is 11.5 Å². The monoisotopic (exact) mass is 265 g/mol. The Balaban J connectivity index is 1.89. The summed E-state index contributed by atoms with van der Waals surface area (Å²) < 4.78 is 11.0. The van der Waals surface area contributed by atoms with Crippen molar-refractivity contribution in [1.29, 1.82) is 0 Å². The molecule has 1 aliphatic rings. The number of nitrogens with one attached hydrogen (secondary N) is 1. The van der Waals surface area contributed by atoms with E-state index in [0.29, 0.717) is 24.5 Å². The van der Waals surface area contributed by atoms with Crippen molar-refractivity contribution in [3.05, 3.63) is 23.8 Å². The van der Waals surface area contributed by atoms with Gasteiger partial charge >= 0.3 is 0 Å². The number of benzene rings is 1. The third-order valence-corrected chi connectivity index (χ3v) is 3.47. The summed E-state index contributed by atoms with van der Waals surface area (Å²) in [4.78, 5) is 0. The van der Waals surface area contributed by atoms with Crippen LogP contribution < -0.4 is 10.1 Å². The number of aromatic hydroxyl groups is 1. The first-order valence-corrected chi connectivity index (χ1v) is 7.00. The van der Waals surface area contributed by atoms with Crippen LogP contribution in [0, 0.1) is 0 Å². The molecule has 2 N–H and O–H groups in total. The van der Waals surface area contributed by atoms with Crippen molar-refractivity contribution < 1.29 is 14.6 Å². The summed E-state index contributed by atoms with van der Waals surface area (Å²) in [6.07, 6.45) is 2.61. The van der Waals surface area contributed by atoms with E-state index in [0.717, 1.165) is 31.6 Å². The summed E-state index contributed by atoms with van der Waals surface area (Å²) in [7, 11) is 0. The molecule has 1 heterocycles. The first-order chi connectivity index (χ1) is 9.20. The average Bonchev–Trinajstić information content (AvgIpc) is 2.93. The van der Waals surface area contributed by atoms with E-state index in [4.69, 9.17) is 9.47 Å². The van der Waals surface area contributed by atoms with E-state index >= 15 is 0 Å². The van der Waals surface area contributed by atoms with Crippen LogP contribution in [0.3, 0.4) is 0 Å². The Morgan fingerprint density at radius 1 is 1.53 bits per heavy atom. The van der Waals surface area contributed by atoms with E-state index in [-0.39, 0.29) is 5.75 Å². The predicted molar refractivity (Wildman–Crippen MR) is 74.6 cm³/mol. The Bertz CT molecular complexity index is 402. The minimum atomic E-state index is 0.192. The molecule has 1 fully saturated rings. The van der Waals surface area contributed by atoms with Crippen molar-refractivity contribution >= 4 is 0 Å². The topological polar surface area (TPSA) is 50.7 Å². The van der Waals surface area contributed by atoms with E-state index in [2.05, 4.69) is 12.2 Å². The second-order valence-corrected chi connectivity index (χ2v) is 4.96. The highest BCUT2D eigenvalue weighted by molar-refractivity contribution is 5.41. The van der Waals surface area contributed by atoms with Gasteiger partial charge in [0.2, 0.25) is 0 Å². The smallest absolute Gasteiger partial charge is 0.161 e. The van der Waals surface area contributed by atoms with E-state index in [1.54, 1.807) is 6.07 Å². The molecule has 0 amide bonds. The van der Waals surface area contributed by atoms with Gasteiger partial charge in [-0.2, -0.15) is 0 Å². The average molecular weight is 265 g/mol. The van der Waals surface area contributed by atoms with Crippen LogP contribution in [0.1, 0.15) is 32.3 Å². The lowest BCUT2D eigenvalue weighted by Gasteiger charge is -2.20. The largest absolute Gasteiger partial charge is 0.504 e. The Morgan fingerprint density at radius 3 is 3.05 bits per heavy atom. The first-order valence-electron chi connectivity index (χ1n) is 7.00.